The van der Waals surface area contributed by atoms with Gasteiger partial charge in [0.25, 0.3) is 10.0 Å². The largest absolute Gasteiger partial charge is 0.493 e. The number of carbonyl (C=O) groups excluding carboxylic acids is 2. The number of anilines is 1. The first kappa shape index (κ1) is 32.5. The maximum atomic E-state index is 14.1. The molecule has 3 rings (SSSR count). The molecule has 9 nitrogen and oxygen atoms in total. The standard InChI is InChI=1S/C32H41N3O6S/c1-7-27(31(37)33-32(2,3)4)34(21-20-24-14-10-8-11-15-24)30(36)23-35(25-16-12-9-13-17-25)42(38,39)26-18-19-28(40-5)29(22-26)41-6/h8-19,22,27H,7,20-21,23H2,1-6H3,(H,33,37)/t27-/m0/s1. The molecule has 0 spiro atoms. The number of carbonyl (C=O) groups is 2. The Morgan fingerprint density at radius 2 is 1.48 bits per heavy atom. The predicted octanol–water partition coefficient (Wildman–Crippen LogP) is 4.66. The molecule has 0 unspecified atom stereocenters. The van der Waals surface area contributed by atoms with Crippen LogP contribution in [-0.4, -0.2) is 64.0 Å². The SMILES string of the molecule is CC[C@@H](C(=O)NC(C)(C)C)N(CCc1ccccc1)C(=O)CN(c1ccccc1)S(=O)(=O)c1ccc(OC)c(OC)c1. The van der Waals surface area contributed by atoms with Gasteiger partial charge in [-0.05, 0) is 63.4 Å². The van der Waals surface area contributed by atoms with Gasteiger partial charge in [0.2, 0.25) is 11.8 Å². The number of hydrogen-bond acceptors (Lipinski definition) is 6. The van der Waals surface area contributed by atoms with Gasteiger partial charge >= 0.3 is 0 Å². The van der Waals surface area contributed by atoms with Crippen molar-refractivity contribution in [3.8, 4) is 11.5 Å². The Kier molecular flexibility index (Phi) is 11.0. The number of rotatable bonds is 13. The molecule has 0 saturated carbocycles. The zero-order valence-corrected chi connectivity index (χ0v) is 26.0. The van der Waals surface area contributed by atoms with E-state index >= 15 is 0 Å². The van der Waals surface area contributed by atoms with Crippen molar-refractivity contribution in [3.63, 3.8) is 0 Å². The van der Waals surface area contributed by atoms with Crippen LogP contribution < -0.4 is 19.1 Å². The molecule has 226 valence electrons. The molecule has 1 atom stereocenters. The summed E-state index contributed by atoms with van der Waals surface area (Å²) in [6.07, 6.45) is 0.857. The van der Waals surface area contributed by atoms with E-state index in [1.54, 1.807) is 30.3 Å². The molecule has 0 fully saturated rings. The lowest BCUT2D eigenvalue weighted by molar-refractivity contribution is -0.140. The Morgan fingerprint density at radius 3 is 2.02 bits per heavy atom. The van der Waals surface area contributed by atoms with Gasteiger partial charge in [-0.3, -0.25) is 13.9 Å². The lowest BCUT2D eigenvalue weighted by Gasteiger charge is -2.34. The zero-order chi connectivity index (χ0) is 30.9. The van der Waals surface area contributed by atoms with E-state index in [-0.39, 0.29) is 23.1 Å². The fourth-order valence-corrected chi connectivity index (χ4v) is 6.01. The first-order chi connectivity index (χ1) is 19.9. The maximum absolute atomic E-state index is 14.1. The fourth-order valence-electron chi connectivity index (χ4n) is 4.58. The summed E-state index contributed by atoms with van der Waals surface area (Å²) in [4.78, 5) is 28.9. The van der Waals surface area contributed by atoms with Crippen LogP contribution in [0, 0.1) is 0 Å². The molecule has 0 radical (unpaired) electrons. The number of ether oxygens (including phenoxy) is 2. The molecule has 2 amide bonds. The molecule has 10 heteroatoms. The highest BCUT2D eigenvalue weighted by molar-refractivity contribution is 7.92. The first-order valence-electron chi connectivity index (χ1n) is 13.9. The molecule has 0 aromatic heterocycles. The molecular weight excluding hydrogens is 554 g/mol. The van der Waals surface area contributed by atoms with E-state index in [0.717, 1.165) is 9.87 Å². The molecule has 42 heavy (non-hydrogen) atoms. The van der Waals surface area contributed by atoms with E-state index in [1.807, 2.05) is 58.0 Å². The van der Waals surface area contributed by atoms with Crippen molar-refractivity contribution in [3.05, 3.63) is 84.4 Å². The topological polar surface area (TPSA) is 105 Å². The van der Waals surface area contributed by atoms with Crippen LogP contribution in [-0.2, 0) is 26.0 Å². The van der Waals surface area contributed by atoms with Crippen molar-refractivity contribution in [2.45, 2.75) is 57.0 Å². The molecule has 0 aliphatic rings. The summed E-state index contributed by atoms with van der Waals surface area (Å²) >= 11 is 0. The molecule has 3 aromatic carbocycles. The van der Waals surface area contributed by atoms with E-state index in [9.17, 15) is 18.0 Å². The molecule has 0 saturated heterocycles. The third-order valence-electron chi connectivity index (χ3n) is 6.63. The van der Waals surface area contributed by atoms with Crippen molar-refractivity contribution in [1.29, 1.82) is 0 Å². The van der Waals surface area contributed by atoms with Crippen LogP contribution in [0.3, 0.4) is 0 Å². The number of hydrogen-bond donors (Lipinski definition) is 1. The summed E-state index contributed by atoms with van der Waals surface area (Å²) in [5.74, 6) is -0.163. The number of sulfonamides is 1. The summed E-state index contributed by atoms with van der Waals surface area (Å²) in [5, 5.41) is 2.98. The molecular formula is C32H41N3O6S. The van der Waals surface area contributed by atoms with Gasteiger partial charge in [-0.25, -0.2) is 8.42 Å². The van der Waals surface area contributed by atoms with Crippen molar-refractivity contribution in [2.75, 3.05) is 31.6 Å². The van der Waals surface area contributed by atoms with Crippen LogP contribution in [0.2, 0.25) is 0 Å². The summed E-state index contributed by atoms with van der Waals surface area (Å²) in [5.41, 5.74) is 0.806. The molecule has 0 heterocycles. The van der Waals surface area contributed by atoms with Gasteiger partial charge in [0.15, 0.2) is 11.5 Å². The van der Waals surface area contributed by atoms with Crippen molar-refractivity contribution in [2.24, 2.45) is 0 Å². The van der Waals surface area contributed by atoms with Gasteiger partial charge in [-0.2, -0.15) is 0 Å². The van der Waals surface area contributed by atoms with Crippen LogP contribution in [0.4, 0.5) is 5.69 Å². The number of nitrogens with one attached hydrogen (secondary N) is 1. The minimum atomic E-state index is -4.24. The highest BCUT2D eigenvalue weighted by Crippen LogP contribution is 2.32. The van der Waals surface area contributed by atoms with Crippen LogP contribution in [0.5, 0.6) is 11.5 Å². The van der Waals surface area contributed by atoms with Crippen LogP contribution in [0.25, 0.3) is 0 Å². The van der Waals surface area contributed by atoms with Crippen LogP contribution in [0.1, 0.15) is 39.7 Å². The van der Waals surface area contributed by atoms with Gasteiger partial charge in [-0.1, -0.05) is 55.5 Å². The van der Waals surface area contributed by atoms with Gasteiger partial charge in [-0.15, -0.1) is 0 Å². The summed E-state index contributed by atoms with van der Waals surface area (Å²) in [6, 6.07) is 21.6. The van der Waals surface area contributed by atoms with Gasteiger partial charge in [0.1, 0.15) is 12.6 Å². The third kappa shape index (κ3) is 8.25. The lowest BCUT2D eigenvalue weighted by Crippen LogP contribution is -2.56. The first-order valence-corrected chi connectivity index (χ1v) is 15.3. The van der Waals surface area contributed by atoms with E-state index in [2.05, 4.69) is 5.32 Å². The lowest BCUT2D eigenvalue weighted by atomic mass is 10.1. The zero-order valence-electron chi connectivity index (χ0n) is 25.2. The number of amides is 2. The quantitative estimate of drug-likeness (QED) is 0.308. The number of benzene rings is 3. The smallest absolute Gasteiger partial charge is 0.264 e. The Labute approximate surface area is 249 Å². The third-order valence-corrected chi connectivity index (χ3v) is 8.40. The average Bonchev–Trinajstić information content (AvgIpc) is 2.97. The van der Waals surface area contributed by atoms with E-state index in [1.165, 1.54) is 37.3 Å². The monoisotopic (exact) mass is 595 g/mol. The highest BCUT2D eigenvalue weighted by atomic mass is 32.2. The molecule has 3 aromatic rings. The minimum Gasteiger partial charge on any atom is -0.493 e. The average molecular weight is 596 g/mol. The Bertz CT molecular complexity index is 1440. The van der Waals surface area contributed by atoms with Gasteiger partial charge in [0.05, 0.1) is 24.8 Å². The molecule has 0 aliphatic carbocycles. The second-order valence-electron chi connectivity index (χ2n) is 10.9. The highest BCUT2D eigenvalue weighted by Gasteiger charge is 2.34. The van der Waals surface area contributed by atoms with Gasteiger partial charge in [0, 0.05) is 18.2 Å². The summed E-state index contributed by atoms with van der Waals surface area (Å²) in [7, 11) is -1.35. The molecule has 0 bridgehead atoms. The van der Waals surface area contributed by atoms with Crippen LogP contribution in [0.15, 0.2) is 83.8 Å². The predicted molar refractivity (Wildman–Crippen MR) is 164 cm³/mol. The second kappa shape index (κ2) is 14.2. The number of nitrogens with zero attached hydrogens (tertiary/aromatic N) is 2. The van der Waals surface area contributed by atoms with E-state index in [4.69, 9.17) is 9.47 Å². The normalized spacial score (nSPS) is 12.2. The number of methoxy groups -OCH3 is 2. The Hall–Kier alpha value is -4.05. The minimum absolute atomic E-state index is 0.0647. The van der Waals surface area contributed by atoms with Gasteiger partial charge < -0.3 is 19.7 Å². The summed E-state index contributed by atoms with van der Waals surface area (Å²) in [6.45, 7) is 7.19. The molecule has 1 N–H and O–H groups in total. The Morgan fingerprint density at radius 1 is 0.881 bits per heavy atom. The second-order valence-corrected chi connectivity index (χ2v) is 12.7. The summed E-state index contributed by atoms with van der Waals surface area (Å²) < 4.78 is 39.8. The number of para-hydroxylation sites is 1. The van der Waals surface area contributed by atoms with Crippen molar-refractivity contribution < 1.29 is 27.5 Å². The van der Waals surface area contributed by atoms with E-state index < -0.39 is 34.1 Å². The molecule has 0 aliphatic heterocycles. The van der Waals surface area contributed by atoms with Crippen molar-refractivity contribution in [1.82, 2.24) is 10.2 Å². The van der Waals surface area contributed by atoms with E-state index in [0.29, 0.717) is 24.3 Å². The fraction of sp³-hybridized carbons (Fsp3) is 0.375. The van der Waals surface area contributed by atoms with Crippen molar-refractivity contribution >= 4 is 27.5 Å². The Balaban J connectivity index is 2.03. The van der Waals surface area contributed by atoms with Crippen LogP contribution >= 0.6 is 0 Å². The maximum Gasteiger partial charge on any atom is 0.264 e.